The summed E-state index contributed by atoms with van der Waals surface area (Å²) in [5.41, 5.74) is 8.37. The van der Waals surface area contributed by atoms with Gasteiger partial charge in [0.2, 0.25) is 0 Å². The lowest BCUT2D eigenvalue weighted by molar-refractivity contribution is 0.279. The molecule has 0 saturated carbocycles. The molecule has 0 aliphatic carbocycles. The van der Waals surface area contributed by atoms with E-state index in [0.717, 1.165) is 55.2 Å². The molecule has 0 atom stereocenters. The first-order valence-electron chi connectivity index (χ1n) is 11.1. The molecule has 1 heterocycles. The summed E-state index contributed by atoms with van der Waals surface area (Å²) in [6.07, 6.45) is 3.92. The first kappa shape index (κ1) is 22.8. The van der Waals surface area contributed by atoms with Crippen LogP contribution < -0.4 is 4.74 Å². The van der Waals surface area contributed by atoms with Crippen LogP contribution in [0.15, 0.2) is 67.3 Å². The molecule has 31 heavy (non-hydrogen) atoms. The molecule has 0 amide bonds. The van der Waals surface area contributed by atoms with Gasteiger partial charge < -0.3 is 4.74 Å². The quantitative estimate of drug-likeness (QED) is 0.360. The highest BCUT2D eigenvalue weighted by Gasteiger charge is 2.18. The van der Waals surface area contributed by atoms with Gasteiger partial charge in [0.25, 0.3) is 0 Å². The smallest absolute Gasteiger partial charge is 0.127 e. The van der Waals surface area contributed by atoms with Crippen LogP contribution in [0.4, 0.5) is 0 Å². The van der Waals surface area contributed by atoms with Gasteiger partial charge in [-0.1, -0.05) is 68.5 Å². The van der Waals surface area contributed by atoms with E-state index in [0.29, 0.717) is 0 Å². The fraction of sp³-hybridized carbons (Fsp3) is 0.321. The average molecular weight is 415 g/mol. The molecule has 0 saturated heterocycles. The first-order valence-corrected chi connectivity index (χ1v) is 11.1. The van der Waals surface area contributed by atoms with Crippen LogP contribution in [0.25, 0.3) is 11.3 Å². The van der Waals surface area contributed by atoms with Gasteiger partial charge in [-0.25, -0.2) is 0 Å². The Bertz CT molecular complexity index is 989. The molecule has 2 aromatic carbocycles. The molecule has 0 aliphatic heterocycles. The second-order valence-corrected chi connectivity index (χ2v) is 7.88. The number of pyridine rings is 1. The van der Waals surface area contributed by atoms with Crippen molar-refractivity contribution in [3.05, 3.63) is 95.2 Å². The number of nitrogens with zero attached hydrogens (tertiary/aromatic N) is 2. The number of aromatic nitrogens is 1. The maximum Gasteiger partial charge on any atom is 0.127 e. The van der Waals surface area contributed by atoms with Crippen LogP contribution in [-0.4, -0.2) is 23.5 Å². The zero-order valence-electron chi connectivity index (χ0n) is 19.3. The maximum atomic E-state index is 5.87. The standard InChI is InChI=1S/C28H34N2O/c1-6-17-30(19-22-13-10-9-11-14-22)20-25-21(4)29-26(18-27(25)31-5)28-23(7-2)15-12-16-24(28)8-3/h6,9-16,18H,1,7-8,17,19-20H2,2-5H3. The highest BCUT2D eigenvalue weighted by Crippen LogP contribution is 2.33. The summed E-state index contributed by atoms with van der Waals surface area (Å²) in [6.45, 7) is 12.9. The van der Waals surface area contributed by atoms with E-state index < -0.39 is 0 Å². The van der Waals surface area contributed by atoms with E-state index >= 15 is 0 Å². The van der Waals surface area contributed by atoms with Gasteiger partial charge in [-0.3, -0.25) is 9.88 Å². The van der Waals surface area contributed by atoms with Crippen molar-refractivity contribution in [1.29, 1.82) is 0 Å². The van der Waals surface area contributed by atoms with Gasteiger partial charge in [-0.15, -0.1) is 6.58 Å². The Kier molecular flexibility index (Phi) is 8.02. The SMILES string of the molecule is C=CCN(Cc1ccccc1)Cc1c(OC)cc(-c2c(CC)cccc2CC)nc1C. The van der Waals surface area contributed by atoms with Crippen molar-refractivity contribution in [1.82, 2.24) is 9.88 Å². The lowest BCUT2D eigenvalue weighted by Gasteiger charge is -2.24. The van der Waals surface area contributed by atoms with Crippen LogP contribution in [0.3, 0.4) is 0 Å². The molecule has 3 heteroatoms. The predicted molar refractivity (Wildman–Crippen MR) is 130 cm³/mol. The molecule has 3 rings (SSSR count). The van der Waals surface area contributed by atoms with E-state index in [2.05, 4.69) is 86.8 Å². The van der Waals surface area contributed by atoms with Crippen LogP contribution >= 0.6 is 0 Å². The number of aryl methyl sites for hydroxylation is 3. The monoisotopic (exact) mass is 414 g/mol. The molecule has 162 valence electrons. The fourth-order valence-electron chi connectivity index (χ4n) is 4.18. The summed E-state index contributed by atoms with van der Waals surface area (Å²) in [5, 5.41) is 0. The molecule has 0 bridgehead atoms. The van der Waals surface area contributed by atoms with Crippen molar-refractivity contribution in [3.63, 3.8) is 0 Å². The minimum absolute atomic E-state index is 0.763. The topological polar surface area (TPSA) is 25.4 Å². The number of rotatable bonds is 10. The third-order valence-electron chi connectivity index (χ3n) is 5.78. The summed E-state index contributed by atoms with van der Waals surface area (Å²) in [6, 6.07) is 19.2. The van der Waals surface area contributed by atoms with E-state index in [-0.39, 0.29) is 0 Å². The van der Waals surface area contributed by atoms with E-state index in [9.17, 15) is 0 Å². The molecule has 0 radical (unpaired) electrons. The van der Waals surface area contributed by atoms with E-state index in [1.54, 1.807) is 7.11 Å². The highest BCUT2D eigenvalue weighted by atomic mass is 16.5. The van der Waals surface area contributed by atoms with Crippen molar-refractivity contribution in [3.8, 4) is 17.0 Å². The second-order valence-electron chi connectivity index (χ2n) is 7.88. The van der Waals surface area contributed by atoms with Gasteiger partial charge in [0.05, 0.1) is 12.8 Å². The van der Waals surface area contributed by atoms with E-state index in [1.807, 2.05) is 6.08 Å². The Balaban J connectivity index is 1.99. The molecule has 0 fully saturated rings. The first-order chi connectivity index (χ1) is 15.1. The van der Waals surface area contributed by atoms with Gasteiger partial charge in [0, 0.05) is 42.5 Å². The van der Waals surface area contributed by atoms with Crippen molar-refractivity contribution in [2.75, 3.05) is 13.7 Å². The predicted octanol–water partition coefficient (Wildman–Crippen LogP) is 6.38. The number of hydrogen-bond acceptors (Lipinski definition) is 3. The van der Waals surface area contributed by atoms with Crippen LogP contribution in [0.2, 0.25) is 0 Å². The fourth-order valence-corrected chi connectivity index (χ4v) is 4.18. The lowest BCUT2D eigenvalue weighted by Crippen LogP contribution is -2.24. The highest BCUT2D eigenvalue weighted by molar-refractivity contribution is 5.70. The molecule has 0 spiro atoms. The van der Waals surface area contributed by atoms with Gasteiger partial charge in [0.15, 0.2) is 0 Å². The number of methoxy groups -OCH3 is 1. The van der Waals surface area contributed by atoms with Gasteiger partial charge in [-0.05, 0) is 36.5 Å². The minimum Gasteiger partial charge on any atom is -0.496 e. The number of benzene rings is 2. The van der Waals surface area contributed by atoms with Crippen LogP contribution in [0, 0.1) is 6.92 Å². The van der Waals surface area contributed by atoms with Crippen LogP contribution in [0.1, 0.15) is 41.8 Å². The molecular formula is C28H34N2O. The van der Waals surface area contributed by atoms with Crippen LogP contribution in [-0.2, 0) is 25.9 Å². The Morgan fingerprint density at radius 2 is 1.65 bits per heavy atom. The Morgan fingerprint density at radius 3 is 2.23 bits per heavy atom. The van der Waals surface area contributed by atoms with Crippen molar-refractivity contribution >= 4 is 0 Å². The summed E-state index contributed by atoms with van der Waals surface area (Å²) in [4.78, 5) is 7.42. The van der Waals surface area contributed by atoms with Crippen molar-refractivity contribution < 1.29 is 4.74 Å². The molecular weight excluding hydrogens is 380 g/mol. The molecule has 3 nitrogen and oxygen atoms in total. The molecule has 3 aromatic rings. The van der Waals surface area contributed by atoms with Crippen molar-refractivity contribution in [2.45, 2.75) is 46.7 Å². The molecule has 0 N–H and O–H groups in total. The van der Waals surface area contributed by atoms with Gasteiger partial charge >= 0.3 is 0 Å². The summed E-state index contributed by atoms with van der Waals surface area (Å²) >= 11 is 0. The zero-order valence-corrected chi connectivity index (χ0v) is 19.3. The lowest BCUT2D eigenvalue weighted by atomic mass is 9.94. The molecule has 0 aliphatic rings. The van der Waals surface area contributed by atoms with E-state index in [4.69, 9.17) is 9.72 Å². The summed E-state index contributed by atoms with van der Waals surface area (Å²) in [7, 11) is 1.75. The van der Waals surface area contributed by atoms with Crippen LogP contribution in [0.5, 0.6) is 5.75 Å². The third-order valence-corrected chi connectivity index (χ3v) is 5.78. The largest absolute Gasteiger partial charge is 0.496 e. The maximum absolute atomic E-state index is 5.87. The van der Waals surface area contributed by atoms with Gasteiger partial charge in [-0.2, -0.15) is 0 Å². The summed E-state index contributed by atoms with van der Waals surface area (Å²) < 4.78 is 5.87. The average Bonchev–Trinajstić information content (AvgIpc) is 2.80. The molecule has 0 unspecified atom stereocenters. The number of hydrogen-bond donors (Lipinski definition) is 0. The zero-order chi connectivity index (χ0) is 22.2. The minimum atomic E-state index is 0.763. The molecule has 1 aromatic heterocycles. The summed E-state index contributed by atoms with van der Waals surface area (Å²) in [5.74, 6) is 0.901. The Hall–Kier alpha value is -2.91. The van der Waals surface area contributed by atoms with Crippen molar-refractivity contribution in [2.24, 2.45) is 0 Å². The number of ether oxygens (including phenoxy) is 1. The Labute approximate surface area is 187 Å². The third kappa shape index (κ3) is 5.42. The second kappa shape index (κ2) is 10.9. The van der Waals surface area contributed by atoms with Gasteiger partial charge in [0.1, 0.15) is 5.75 Å². The van der Waals surface area contributed by atoms with E-state index in [1.165, 1.54) is 22.3 Å². The Morgan fingerprint density at radius 1 is 0.968 bits per heavy atom. The normalized spacial score (nSPS) is 11.0.